The smallest absolute Gasteiger partial charge is 0.258 e. The Kier molecular flexibility index (Phi) is 3.78. The van der Waals surface area contributed by atoms with Gasteiger partial charge in [0.15, 0.2) is 0 Å². The minimum absolute atomic E-state index is 0.00424. The van der Waals surface area contributed by atoms with Crippen molar-refractivity contribution in [1.29, 1.82) is 0 Å². The van der Waals surface area contributed by atoms with Gasteiger partial charge in [-0.25, -0.2) is 9.67 Å². The first-order valence-electron chi connectivity index (χ1n) is 4.97. The second-order valence-corrected chi connectivity index (χ2v) is 4.20. The first-order valence-corrected chi connectivity index (χ1v) is 5.88. The van der Waals surface area contributed by atoms with E-state index in [1.165, 1.54) is 23.1 Å². The van der Waals surface area contributed by atoms with Crippen molar-refractivity contribution in [2.75, 3.05) is 0 Å². The van der Waals surface area contributed by atoms with Crippen molar-refractivity contribution >= 4 is 28.9 Å². The topological polar surface area (TPSA) is 73.8 Å². The highest BCUT2D eigenvalue weighted by Gasteiger charge is 2.15. The highest BCUT2D eigenvalue weighted by atomic mass is 35.5. The van der Waals surface area contributed by atoms with E-state index in [-0.39, 0.29) is 18.1 Å². The molecule has 0 bridgehead atoms. The van der Waals surface area contributed by atoms with Crippen molar-refractivity contribution in [2.45, 2.75) is 12.4 Å². The summed E-state index contributed by atoms with van der Waals surface area (Å²) < 4.78 is 1.51. The number of aromatic nitrogens is 3. The number of nitro groups is 1. The van der Waals surface area contributed by atoms with Gasteiger partial charge in [0.05, 0.1) is 22.9 Å². The van der Waals surface area contributed by atoms with Gasteiger partial charge in [0, 0.05) is 11.1 Å². The lowest BCUT2D eigenvalue weighted by Gasteiger charge is -2.05. The zero-order chi connectivity index (χ0) is 13.1. The molecule has 6 nitrogen and oxygen atoms in total. The summed E-state index contributed by atoms with van der Waals surface area (Å²) in [7, 11) is 0. The molecule has 8 heteroatoms. The third-order valence-electron chi connectivity index (χ3n) is 2.37. The summed E-state index contributed by atoms with van der Waals surface area (Å²) >= 11 is 11.5. The maximum absolute atomic E-state index is 10.9. The van der Waals surface area contributed by atoms with E-state index >= 15 is 0 Å². The van der Waals surface area contributed by atoms with Crippen molar-refractivity contribution in [3.8, 4) is 0 Å². The summed E-state index contributed by atoms with van der Waals surface area (Å²) in [6, 6.07) is 4.39. The van der Waals surface area contributed by atoms with Crippen LogP contribution in [0.3, 0.4) is 0 Å². The predicted octanol–water partition coefficient (Wildman–Crippen LogP) is 2.63. The van der Waals surface area contributed by atoms with Crippen LogP contribution in [0.5, 0.6) is 0 Å². The standard InChI is InChI=1S/C10H8Cl2N4O2/c11-4-10-13-6-14-15(10)5-7-3-8(12)1-2-9(7)16(17)18/h1-3,6H,4-5H2. The number of halogens is 2. The van der Waals surface area contributed by atoms with Gasteiger partial charge in [-0.05, 0) is 12.1 Å². The summed E-state index contributed by atoms with van der Waals surface area (Å²) in [5.41, 5.74) is 0.458. The Bertz CT molecular complexity index is 585. The number of alkyl halides is 1. The Morgan fingerprint density at radius 2 is 2.22 bits per heavy atom. The fourth-order valence-corrected chi connectivity index (χ4v) is 1.95. The molecule has 0 aliphatic heterocycles. The van der Waals surface area contributed by atoms with Crippen molar-refractivity contribution in [3.05, 3.63) is 51.1 Å². The van der Waals surface area contributed by atoms with E-state index in [0.29, 0.717) is 16.4 Å². The molecule has 0 unspecified atom stereocenters. The lowest BCUT2D eigenvalue weighted by molar-refractivity contribution is -0.385. The average molecular weight is 287 g/mol. The Morgan fingerprint density at radius 3 is 2.89 bits per heavy atom. The molecule has 0 atom stereocenters. The van der Waals surface area contributed by atoms with Crippen LogP contribution in [-0.2, 0) is 12.4 Å². The first-order chi connectivity index (χ1) is 8.61. The summed E-state index contributed by atoms with van der Waals surface area (Å²) in [6.45, 7) is 0.207. The minimum atomic E-state index is -0.455. The fraction of sp³-hybridized carbons (Fsp3) is 0.200. The largest absolute Gasteiger partial charge is 0.274 e. The predicted molar refractivity (Wildman–Crippen MR) is 66.8 cm³/mol. The van der Waals surface area contributed by atoms with E-state index in [0.717, 1.165) is 0 Å². The number of hydrogen-bond acceptors (Lipinski definition) is 4. The molecule has 18 heavy (non-hydrogen) atoms. The van der Waals surface area contributed by atoms with E-state index in [9.17, 15) is 10.1 Å². The van der Waals surface area contributed by atoms with Gasteiger partial charge in [-0.1, -0.05) is 11.6 Å². The van der Waals surface area contributed by atoms with Crippen LogP contribution in [-0.4, -0.2) is 19.7 Å². The molecule has 0 aliphatic rings. The molecule has 0 saturated carbocycles. The van der Waals surface area contributed by atoms with Gasteiger partial charge in [-0.15, -0.1) is 11.6 Å². The second kappa shape index (κ2) is 5.32. The molecule has 2 rings (SSSR count). The molecule has 1 heterocycles. The Morgan fingerprint density at radius 1 is 1.44 bits per heavy atom. The molecule has 0 radical (unpaired) electrons. The number of benzene rings is 1. The average Bonchev–Trinajstić information content (AvgIpc) is 2.76. The minimum Gasteiger partial charge on any atom is -0.258 e. The number of nitro benzene ring substituents is 1. The summed E-state index contributed by atoms with van der Waals surface area (Å²) in [6.07, 6.45) is 1.36. The molecule has 1 aromatic heterocycles. The lowest BCUT2D eigenvalue weighted by Crippen LogP contribution is -2.07. The number of rotatable bonds is 4. The third kappa shape index (κ3) is 2.60. The molecule has 0 aliphatic carbocycles. The molecule has 0 N–H and O–H groups in total. The van der Waals surface area contributed by atoms with E-state index in [1.54, 1.807) is 6.07 Å². The van der Waals surface area contributed by atoms with Crippen LogP contribution in [0.15, 0.2) is 24.5 Å². The van der Waals surface area contributed by atoms with Gasteiger partial charge < -0.3 is 0 Å². The molecule has 2 aromatic rings. The number of nitrogens with zero attached hydrogens (tertiary/aromatic N) is 4. The SMILES string of the molecule is O=[N+]([O-])c1ccc(Cl)cc1Cn1ncnc1CCl. The number of hydrogen-bond donors (Lipinski definition) is 0. The molecule has 94 valence electrons. The van der Waals surface area contributed by atoms with Crippen LogP contribution >= 0.6 is 23.2 Å². The van der Waals surface area contributed by atoms with Gasteiger partial charge in [0.2, 0.25) is 0 Å². The van der Waals surface area contributed by atoms with Gasteiger partial charge in [0.1, 0.15) is 12.2 Å². The second-order valence-electron chi connectivity index (χ2n) is 3.50. The molecule has 0 spiro atoms. The van der Waals surface area contributed by atoms with Crippen LogP contribution in [0.1, 0.15) is 11.4 Å². The van der Waals surface area contributed by atoms with Gasteiger partial charge in [0.25, 0.3) is 5.69 Å². The summed E-state index contributed by atoms with van der Waals surface area (Å²) in [5.74, 6) is 0.736. The van der Waals surface area contributed by atoms with Crippen LogP contribution in [0.2, 0.25) is 5.02 Å². The van der Waals surface area contributed by atoms with Crippen molar-refractivity contribution in [2.24, 2.45) is 0 Å². The molecular weight excluding hydrogens is 279 g/mol. The quantitative estimate of drug-likeness (QED) is 0.492. The monoisotopic (exact) mass is 286 g/mol. The van der Waals surface area contributed by atoms with Crippen molar-refractivity contribution < 1.29 is 4.92 Å². The lowest BCUT2D eigenvalue weighted by atomic mass is 10.2. The van der Waals surface area contributed by atoms with E-state index in [2.05, 4.69) is 10.1 Å². The van der Waals surface area contributed by atoms with Crippen LogP contribution < -0.4 is 0 Å². The zero-order valence-corrected chi connectivity index (χ0v) is 10.6. The Balaban J connectivity index is 2.39. The van der Waals surface area contributed by atoms with Crippen molar-refractivity contribution in [1.82, 2.24) is 14.8 Å². The fourth-order valence-electron chi connectivity index (χ4n) is 1.54. The molecule has 0 saturated heterocycles. The molecule has 0 amide bonds. The molecular formula is C10H8Cl2N4O2. The molecule has 1 aromatic carbocycles. The van der Waals surface area contributed by atoms with E-state index < -0.39 is 4.92 Å². The maximum atomic E-state index is 10.9. The van der Waals surface area contributed by atoms with Gasteiger partial charge in [-0.3, -0.25) is 10.1 Å². The highest BCUT2D eigenvalue weighted by molar-refractivity contribution is 6.30. The van der Waals surface area contributed by atoms with E-state index in [1.807, 2.05) is 0 Å². The van der Waals surface area contributed by atoms with Gasteiger partial charge >= 0.3 is 0 Å². The highest BCUT2D eigenvalue weighted by Crippen LogP contribution is 2.23. The van der Waals surface area contributed by atoms with Crippen LogP contribution in [0.25, 0.3) is 0 Å². The van der Waals surface area contributed by atoms with Gasteiger partial charge in [-0.2, -0.15) is 5.10 Å². The normalized spacial score (nSPS) is 10.6. The Labute approximate surface area is 112 Å². The third-order valence-corrected chi connectivity index (χ3v) is 2.85. The summed E-state index contributed by atoms with van der Waals surface area (Å²) in [4.78, 5) is 14.4. The van der Waals surface area contributed by atoms with Crippen LogP contribution in [0, 0.1) is 10.1 Å². The van der Waals surface area contributed by atoms with E-state index in [4.69, 9.17) is 23.2 Å². The van der Waals surface area contributed by atoms with Crippen molar-refractivity contribution in [3.63, 3.8) is 0 Å². The first kappa shape index (κ1) is 12.8. The zero-order valence-electron chi connectivity index (χ0n) is 9.08. The summed E-state index contributed by atoms with van der Waals surface area (Å²) in [5, 5.41) is 15.3. The van der Waals surface area contributed by atoms with Crippen LogP contribution in [0.4, 0.5) is 5.69 Å². The Hall–Kier alpha value is -1.66. The maximum Gasteiger partial charge on any atom is 0.274 e. The molecule has 0 fully saturated rings.